The Morgan fingerprint density at radius 1 is 0.625 bits per heavy atom. The van der Waals surface area contributed by atoms with Crippen LogP contribution in [-0.4, -0.2) is 0 Å². The highest BCUT2D eigenvalue weighted by Gasteiger charge is 2.18. The lowest BCUT2D eigenvalue weighted by atomic mass is 11.2. The average molecular weight is 265 g/mol. The van der Waals surface area contributed by atoms with Crippen LogP contribution in [0.25, 0.3) is 0 Å². The molecule has 2 nitrogen and oxygen atoms in total. The molecule has 4 heteroatoms. The molecule has 0 saturated carbocycles. The fraction of sp³-hybridized carbons (Fsp3) is 0. The predicted octanol–water partition coefficient (Wildman–Crippen LogP) is 4.89. The summed E-state index contributed by atoms with van der Waals surface area (Å²) in [5, 5.41) is 1.21. The van der Waals surface area contributed by atoms with Crippen LogP contribution in [0.15, 0.2) is 36.4 Å². The Morgan fingerprint density at radius 2 is 1.06 bits per heavy atom. The van der Waals surface area contributed by atoms with Crippen LogP contribution in [-0.2, 0) is 0 Å². The van der Waals surface area contributed by atoms with Crippen LogP contribution in [0.4, 0.5) is 0 Å². The van der Waals surface area contributed by atoms with Crippen molar-refractivity contribution in [2.24, 2.45) is 0 Å². The van der Waals surface area contributed by atoms with Gasteiger partial charge in [-0.15, -0.1) is 0 Å². The fourth-order valence-electron chi connectivity index (χ4n) is 1.53. The van der Waals surface area contributed by atoms with E-state index in [2.05, 4.69) is 0 Å². The average Bonchev–Trinajstić information content (AvgIpc) is 2.26. The van der Waals surface area contributed by atoms with E-state index >= 15 is 0 Å². The van der Waals surface area contributed by atoms with E-state index in [1.807, 2.05) is 0 Å². The summed E-state index contributed by atoms with van der Waals surface area (Å²) >= 11 is 11.7. The van der Waals surface area contributed by atoms with E-state index in [-0.39, 0.29) is 0 Å². The lowest BCUT2D eigenvalue weighted by Gasteiger charge is -2.20. The van der Waals surface area contributed by atoms with Crippen LogP contribution in [0.5, 0.6) is 23.0 Å². The Labute approximate surface area is 102 Å². The van der Waals surface area contributed by atoms with Crippen LogP contribution in [0.2, 0.25) is 10.0 Å². The van der Waals surface area contributed by atoms with Gasteiger partial charge in [0.1, 0.15) is 0 Å². The minimum atomic E-state index is 0.599. The third-order valence-electron chi connectivity index (χ3n) is 2.25. The number of rotatable bonds is 0. The van der Waals surface area contributed by atoms with Gasteiger partial charge in [-0.2, -0.15) is 0 Å². The molecule has 80 valence electrons. The molecule has 0 radical (unpaired) electrons. The Morgan fingerprint density at radius 3 is 1.56 bits per heavy atom. The lowest BCUT2D eigenvalue weighted by Crippen LogP contribution is -1.98. The number of halogens is 2. The minimum Gasteiger partial charge on any atom is -0.450 e. The lowest BCUT2D eigenvalue weighted by molar-refractivity contribution is 0.359. The van der Waals surface area contributed by atoms with Crippen molar-refractivity contribution in [1.82, 2.24) is 0 Å². The first kappa shape index (κ1) is 9.82. The van der Waals surface area contributed by atoms with Gasteiger partial charge in [0, 0.05) is 22.2 Å². The largest absolute Gasteiger partial charge is 0.450 e. The third-order valence-corrected chi connectivity index (χ3v) is 2.72. The van der Waals surface area contributed by atoms with E-state index in [4.69, 9.17) is 32.7 Å². The van der Waals surface area contributed by atoms with Gasteiger partial charge in [-0.3, -0.25) is 0 Å². The summed E-state index contributed by atoms with van der Waals surface area (Å²) in [4.78, 5) is 0. The molecule has 1 aliphatic rings. The number of fused-ring (bicyclic) bond motifs is 2. The molecule has 0 unspecified atom stereocenters. The Bertz CT molecular complexity index is 517. The summed E-state index contributed by atoms with van der Waals surface area (Å²) in [7, 11) is 0. The predicted molar refractivity (Wildman–Crippen MR) is 63.1 cm³/mol. The fourth-order valence-corrected chi connectivity index (χ4v) is 1.85. The molecule has 0 saturated heterocycles. The van der Waals surface area contributed by atoms with Crippen LogP contribution < -0.4 is 9.47 Å². The summed E-state index contributed by atoms with van der Waals surface area (Å²) in [6, 6.07) is 10.5. The van der Waals surface area contributed by atoms with Crippen molar-refractivity contribution >= 4 is 23.2 Å². The van der Waals surface area contributed by atoms with E-state index < -0.39 is 0 Å². The maximum atomic E-state index is 5.87. The normalized spacial score (nSPS) is 12.1. The number of hydrogen-bond acceptors (Lipinski definition) is 2. The molecule has 0 amide bonds. The van der Waals surface area contributed by atoms with Crippen molar-refractivity contribution in [3.63, 3.8) is 0 Å². The van der Waals surface area contributed by atoms with E-state index in [9.17, 15) is 0 Å². The Kier molecular flexibility index (Phi) is 2.20. The van der Waals surface area contributed by atoms with Crippen molar-refractivity contribution < 1.29 is 9.47 Å². The van der Waals surface area contributed by atoms with E-state index in [0.29, 0.717) is 33.0 Å². The molecule has 0 fully saturated rings. The number of ether oxygens (including phenoxy) is 2. The molecular weight excluding hydrogens is 259 g/mol. The zero-order valence-electron chi connectivity index (χ0n) is 8.04. The van der Waals surface area contributed by atoms with Crippen molar-refractivity contribution in [2.75, 3.05) is 0 Å². The molecule has 0 bridgehead atoms. The zero-order chi connectivity index (χ0) is 11.1. The van der Waals surface area contributed by atoms with Gasteiger partial charge in [-0.05, 0) is 24.3 Å². The molecule has 2 aromatic rings. The SMILES string of the molecule is Cl[13c]1[13cH][13cH][13c]2[13c]([13cH]1)O[13c]1[13cH][13c](Cl)[13cH][13cH][13c]1O2. The van der Waals surface area contributed by atoms with Gasteiger partial charge in [-0.1, -0.05) is 23.2 Å². The zero-order valence-corrected chi connectivity index (χ0v) is 9.55. The molecular formula is C12H6Cl2O2. The second-order valence-electron chi connectivity index (χ2n) is 3.39. The van der Waals surface area contributed by atoms with Crippen LogP contribution >= 0.6 is 23.2 Å². The summed E-state index contributed by atoms with van der Waals surface area (Å²) in [5.74, 6) is 2.50. The standard InChI is InChI=1S/C12H6Cl2O2/c13-7-1-3-9-11(5-7)16-12-6-8(14)2-4-10(12)15-9/h1-6H/i1+1,2+1,3+1,4+1,5+1,6+1,7+1,8+1,9+1,10+1,11+1,12+1. The molecule has 0 aromatic heterocycles. The van der Waals surface area contributed by atoms with E-state index in [1.54, 1.807) is 36.4 Å². The molecule has 1 heterocycles. The highest BCUT2D eigenvalue weighted by atomic mass is 35.5. The molecule has 0 aliphatic carbocycles. The van der Waals surface area contributed by atoms with Crippen LogP contribution in [0, 0.1) is 0 Å². The Hall–Kier alpha value is -1.38. The second kappa shape index (κ2) is 3.58. The number of hydrogen-bond donors (Lipinski definition) is 0. The first-order chi connectivity index (χ1) is 7.72. The third kappa shape index (κ3) is 1.60. The summed E-state index contributed by atoms with van der Waals surface area (Å²) in [6.45, 7) is 0. The van der Waals surface area contributed by atoms with Crippen molar-refractivity contribution in [3.05, 3.63) is 46.4 Å². The molecule has 1 aliphatic heterocycles. The van der Waals surface area contributed by atoms with Crippen LogP contribution in [0.1, 0.15) is 0 Å². The second-order valence-corrected chi connectivity index (χ2v) is 4.26. The maximum absolute atomic E-state index is 5.87. The molecule has 2 aromatic carbocycles. The van der Waals surface area contributed by atoms with Gasteiger partial charge in [0.2, 0.25) is 0 Å². The monoisotopic (exact) mass is 264 g/mol. The molecule has 0 atom stereocenters. The molecule has 16 heavy (non-hydrogen) atoms. The van der Waals surface area contributed by atoms with Crippen molar-refractivity contribution in [3.8, 4) is 23.0 Å². The van der Waals surface area contributed by atoms with Gasteiger partial charge < -0.3 is 9.47 Å². The Balaban J connectivity index is 2.10. The summed E-state index contributed by atoms with van der Waals surface area (Å²) in [5.41, 5.74) is 0. The summed E-state index contributed by atoms with van der Waals surface area (Å²) < 4.78 is 11.3. The van der Waals surface area contributed by atoms with Gasteiger partial charge in [0.05, 0.1) is 0 Å². The quantitative estimate of drug-likeness (QED) is 0.576. The minimum absolute atomic E-state index is 0.599. The highest BCUT2D eigenvalue weighted by molar-refractivity contribution is 6.31. The van der Waals surface area contributed by atoms with Crippen LogP contribution in [0.3, 0.4) is 0 Å². The summed E-state index contributed by atoms with van der Waals surface area (Å²) in [6.07, 6.45) is 0. The topological polar surface area (TPSA) is 18.5 Å². The first-order valence-electron chi connectivity index (χ1n) is 4.67. The van der Waals surface area contributed by atoms with E-state index in [1.165, 1.54) is 0 Å². The maximum Gasteiger partial charge on any atom is 0.171 e. The van der Waals surface area contributed by atoms with Gasteiger partial charge in [0.15, 0.2) is 23.0 Å². The van der Waals surface area contributed by atoms with Gasteiger partial charge in [-0.25, -0.2) is 0 Å². The van der Waals surface area contributed by atoms with E-state index in [0.717, 1.165) is 0 Å². The first-order valence-corrected chi connectivity index (χ1v) is 5.43. The molecule has 0 N–H and O–H groups in total. The molecule has 3 rings (SSSR count). The van der Waals surface area contributed by atoms with Crippen molar-refractivity contribution in [2.45, 2.75) is 0 Å². The smallest absolute Gasteiger partial charge is 0.171 e. The number of benzene rings is 2. The molecule has 0 spiro atoms. The highest BCUT2D eigenvalue weighted by Crippen LogP contribution is 2.46. The van der Waals surface area contributed by atoms with Gasteiger partial charge >= 0.3 is 0 Å². The van der Waals surface area contributed by atoms with Gasteiger partial charge in [0.25, 0.3) is 0 Å². The van der Waals surface area contributed by atoms with Crippen molar-refractivity contribution in [1.29, 1.82) is 0 Å².